The van der Waals surface area contributed by atoms with Gasteiger partial charge in [0.15, 0.2) is 0 Å². The summed E-state index contributed by atoms with van der Waals surface area (Å²) in [5, 5.41) is 14.5. The minimum Gasteiger partial charge on any atom is -0.497 e. The van der Waals surface area contributed by atoms with Gasteiger partial charge in [-0.2, -0.15) is 5.26 Å². The first-order chi connectivity index (χ1) is 17.0. The maximum absolute atomic E-state index is 12.6. The van der Waals surface area contributed by atoms with Crippen LogP contribution in [0.1, 0.15) is 5.56 Å². The number of anilines is 1. The Morgan fingerprint density at radius 3 is 2.17 bits per heavy atom. The van der Waals surface area contributed by atoms with Gasteiger partial charge in [-0.05, 0) is 60.2 Å². The second kappa shape index (κ2) is 11.3. The molecule has 0 aliphatic carbocycles. The fourth-order valence-corrected chi connectivity index (χ4v) is 4.42. The average molecular weight is 520 g/mol. The summed E-state index contributed by atoms with van der Waals surface area (Å²) < 4.78 is 5.26. The van der Waals surface area contributed by atoms with Crippen LogP contribution in [0.25, 0.3) is 22.4 Å². The van der Waals surface area contributed by atoms with Crippen LogP contribution >= 0.6 is 35.0 Å². The first-order valence-corrected chi connectivity index (χ1v) is 12.2. The van der Waals surface area contributed by atoms with E-state index in [9.17, 15) is 10.1 Å². The molecule has 0 radical (unpaired) electrons. The number of pyridine rings is 1. The van der Waals surface area contributed by atoms with Crippen LogP contribution in [0.4, 0.5) is 5.69 Å². The maximum atomic E-state index is 12.6. The summed E-state index contributed by atoms with van der Waals surface area (Å²) in [4.78, 5) is 17.3. The Balaban J connectivity index is 1.69. The summed E-state index contributed by atoms with van der Waals surface area (Å²) in [6.07, 6.45) is 0. The Bertz CT molecular complexity index is 1380. The Kier molecular flexibility index (Phi) is 7.94. The van der Waals surface area contributed by atoms with Gasteiger partial charge in [0, 0.05) is 26.9 Å². The lowest BCUT2D eigenvalue weighted by atomic mass is 9.99. The topological polar surface area (TPSA) is 75.0 Å². The number of ether oxygens (including phenoxy) is 1. The number of halogens is 2. The minimum atomic E-state index is -0.217. The summed E-state index contributed by atoms with van der Waals surface area (Å²) in [6, 6.07) is 25.8. The predicted octanol–water partition coefficient (Wildman–Crippen LogP) is 7.33. The van der Waals surface area contributed by atoms with Gasteiger partial charge in [-0.1, -0.05) is 59.2 Å². The van der Waals surface area contributed by atoms with Crippen molar-refractivity contribution < 1.29 is 9.53 Å². The third-order valence-electron chi connectivity index (χ3n) is 5.11. The maximum Gasteiger partial charge on any atom is 0.234 e. The van der Waals surface area contributed by atoms with Crippen LogP contribution in [0.5, 0.6) is 5.75 Å². The third kappa shape index (κ3) is 6.14. The highest BCUT2D eigenvalue weighted by atomic mass is 35.5. The van der Waals surface area contributed by atoms with Crippen molar-refractivity contribution in [3.8, 4) is 34.2 Å². The van der Waals surface area contributed by atoms with Crippen LogP contribution < -0.4 is 10.1 Å². The number of rotatable bonds is 7. The molecule has 0 bridgehead atoms. The van der Waals surface area contributed by atoms with Crippen LogP contribution in [-0.2, 0) is 4.79 Å². The molecule has 0 spiro atoms. The number of hydrogen-bond donors (Lipinski definition) is 1. The largest absolute Gasteiger partial charge is 0.497 e. The summed E-state index contributed by atoms with van der Waals surface area (Å²) in [5.74, 6) is 0.579. The molecule has 4 aromatic rings. The zero-order chi connectivity index (χ0) is 24.8. The van der Waals surface area contributed by atoms with Gasteiger partial charge in [0.25, 0.3) is 0 Å². The number of amides is 1. The Morgan fingerprint density at radius 2 is 1.57 bits per heavy atom. The lowest BCUT2D eigenvalue weighted by molar-refractivity contribution is -0.113. The van der Waals surface area contributed by atoms with Crippen molar-refractivity contribution in [1.82, 2.24) is 4.98 Å². The minimum absolute atomic E-state index is 0.0798. The van der Waals surface area contributed by atoms with Crippen molar-refractivity contribution in [3.05, 3.63) is 94.5 Å². The lowest BCUT2D eigenvalue weighted by Gasteiger charge is -2.13. The number of nitrogens with one attached hydrogen (secondary N) is 1. The molecule has 1 amide bonds. The Hall–Kier alpha value is -3.50. The van der Waals surface area contributed by atoms with Gasteiger partial charge >= 0.3 is 0 Å². The van der Waals surface area contributed by atoms with E-state index in [1.165, 1.54) is 11.8 Å². The van der Waals surface area contributed by atoms with Crippen molar-refractivity contribution in [1.29, 1.82) is 5.26 Å². The number of nitriles is 1. The van der Waals surface area contributed by atoms with Gasteiger partial charge < -0.3 is 10.1 Å². The molecule has 0 atom stereocenters. The number of carbonyl (C=O) groups excluding carboxylic acids is 1. The third-order valence-corrected chi connectivity index (χ3v) is 6.59. The number of benzene rings is 3. The SMILES string of the molecule is COc1ccc(-c2cc(-c3ccc(Cl)cc3)nc(SCC(=O)Nc3ccc(Cl)cc3)c2C#N)cc1. The lowest BCUT2D eigenvalue weighted by Crippen LogP contribution is -2.14. The highest BCUT2D eigenvalue weighted by Crippen LogP contribution is 2.35. The number of hydrogen-bond acceptors (Lipinski definition) is 5. The van der Waals surface area contributed by atoms with E-state index in [0.717, 1.165) is 16.7 Å². The molecule has 0 saturated heterocycles. The molecular formula is C27H19Cl2N3O2S. The van der Waals surface area contributed by atoms with Crippen LogP contribution in [0, 0.1) is 11.3 Å². The number of aromatic nitrogens is 1. The fourth-order valence-electron chi connectivity index (χ4n) is 3.37. The van der Waals surface area contributed by atoms with Crippen molar-refractivity contribution in [2.75, 3.05) is 18.2 Å². The molecule has 1 aromatic heterocycles. The molecule has 1 heterocycles. The van der Waals surface area contributed by atoms with Crippen LogP contribution in [0.2, 0.25) is 10.0 Å². The predicted molar refractivity (Wildman–Crippen MR) is 142 cm³/mol. The molecule has 35 heavy (non-hydrogen) atoms. The first-order valence-electron chi connectivity index (χ1n) is 10.5. The number of methoxy groups -OCH3 is 1. The van der Waals surface area contributed by atoms with Crippen molar-refractivity contribution in [3.63, 3.8) is 0 Å². The molecule has 8 heteroatoms. The molecule has 0 unspecified atom stereocenters. The van der Waals surface area contributed by atoms with Gasteiger partial charge in [-0.3, -0.25) is 4.79 Å². The smallest absolute Gasteiger partial charge is 0.234 e. The molecule has 1 N–H and O–H groups in total. The van der Waals surface area contributed by atoms with E-state index in [4.69, 9.17) is 32.9 Å². The Labute approximate surface area is 217 Å². The normalized spacial score (nSPS) is 10.5. The second-order valence-corrected chi connectivity index (χ2v) is 9.26. The molecule has 0 fully saturated rings. The fraction of sp³-hybridized carbons (Fsp3) is 0.0741. The Morgan fingerprint density at radius 1 is 0.971 bits per heavy atom. The summed E-state index contributed by atoms with van der Waals surface area (Å²) in [7, 11) is 1.60. The molecule has 5 nitrogen and oxygen atoms in total. The highest BCUT2D eigenvalue weighted by Gasteiger charge is 2.17. The van der Waals surface area contributed by atoms with E-state index >= 15 is 0 Å². The van der Waals surface area contributed by atoms with Gasteiger partial charge in [-0.25, -0.2) is 4.98 Å². The van der Waals surface area contributed by atoms with Crippen molar-refractivity contribution in [2.24, 2.45) is 0 Å². The molecule has 0 saturated carbocycles. The monoisotopic (exact) mass is 519 g/mol. The van der Waals surface area contributed by atoms with Gasteiger partial charge in [0.05, 0.1) is 24.1 Å². The second-order valence-electron chi connectivity index (χ2n) is 7.43. The van der Waals surface area contributed by atoms with E-state index in [1.54, 1.807) is 43.5 Å². The standard InChI is InChI=1S/C27H19Cl2N3O2S/c1-34-22-12-4-17(5-13-22)23-14-25(18-2-6-19(28)7-3-18)32-27(24(23)15-30)35-16-26(33)31-21-10-8-20(29)9-11-21/h2-14H,16H2,1H3,(H,31,33). The molecule has 174 valence electrons. The van der Waals surface area contributed by atoms with Gasteiger partial charge in [0.1, 0.15) is 16.8 Å². The van der Waals surface area contributed by atoms with E-state index < -0.39 is 0 Å². The molecular weight excluding hydrogens is 501 g/mol. The molecule has 4 rings (SSSR count). The summed E-state index contributed by atoms with van der Waals surface area (Å²) >= 11 is 13.2. The van der Waals surface area contributed by atoms with Crippen LogP contribution in [0.15, 0.2) is 83.9 Å². The zero-order valence-corrected chi connectivity index (χ0v) is 20.9. The highest BCUT2D eigenvalue weighted by molar-refractivity contribution is 8.00. The van der Waals surface area contributed by atoms with Crippen molar-refractivity contribution >= 4 is 46.6 Å². The molecule has 0 aliphatic rings. The van der Waals surface area contributed by atoms with Crippen LogP contribution in [0.3, 0.4) is 0 Å². The van der Waals surface area contributed by atoms with Gasteiger partial charge in [-0.15, -0.1) is 0 Å². The number of thioether (sulfide) groups is 1. The average Bonchev–Trinajstić information content (AvgIpc) is 2.88. The number of carbonyl (C=O) groups is 1. The zero-order valence-electron chi connectivity index (χ0n) is 18.6. The van der Waals surface area contributed by atoms with E-state index in [0.29, 0.717) is 37.8 Å². The molecule has 3 aromatic carbocycles. The molecule has 0 aliphatic heterocycles. The van der Waals surface area contributed by atoms with E-state index in [2.05, 4.69) is 11.4 Å². The summed E-state index contributed by atoms with van der Waals surface area (Å²) in [5.41, 5.74) is 4.12. The summed E-state index contributed by atoms with van der Waals surface area (Å²) in [6.45, 7) is 0. The number of nitrogens with zero attached hydrogens (tertiary/aromatic N) is 2. The van der Waals surface area contributed by atoms with Gasteiger partial charge in [0.2, 0.25) is 5.91 Å². The first kappa shape index (κ1) is 24.6. The van der Waals surface area contributed by atoms with Crippen LogP contribution in [-0.4, -0.2) is 23.8 Å². The van der Waals surface area contributed by atoms with E-state index in [1.807, 2.05) is 42.5 Å². The van der Waals surface area contributed by atoms with E-state index in [-0.39, 0.29) is 11.7 Å². The van der Waals surface area contributed by atoms with Crippen molar-refractivity contribution in [2.45, 2.75) is 5.03 Å². The quantitative estimate of drug-likeness (QED) is 0.258.